The molecule has 1 amide bonds. The van der Waals surface area contributed by atoms with Crippen LogP contribution in [0.2, 0.25) is 0 Å². The van der Waals surface area contributed by atoms with Crippen molar-refractivity contribution in [2.75, 3.05) is 17.1 Å². The molecule has 0 saturated heterocycles. The molecular formula is C22H19FN2O4S. The second-order valence-corrected chi connectivity index (χ2v) is 7.92. The van der Waals surface area contributed by atoms with Crippen LogP contribution in [0.3, 0.4) is 0 Å². The van der Waals surface area contributed by atoms with E-state index in [0.717, 1.165) is 0 Å². The van der Waals surface area contributed by atoms with Gasteiger partial charge >= 0.3 is 0 Å². The van der Waals surface area contributed by atoms with Gasteiger partial charge < -0.3 is 10.1 Å². The average molecular weight is 426 g/mol. The number of anilines is 2. The zero-order valence-electron chi connectivity index (χ0n) is 16.0. The number of benzene rings is 3. The Kier molecular flexibility index (Phi) is 6.48. The van der Waals surface area contributed by atoms with Crippen LogP contribution in [0, 0.1) is 5.82 Å². The normalized spacial score (nSPS) is 11.3. The van der Waals surface area contributed by atoms with E-state index in [0.29, 0.717) is 22.7 Å². The molecule has 30 heavy (non-hydrogen) atoms. The molecule has 154 valence electrons. The number of methoxy groups -OCH3 is 1. The molecule has 2 N–H and O–H groups in total. The van der Waals surface area contributed by atoms with E-state index in [2.05, 4.69) is 10.0 Å². The Morgan fingerprint density at radius 3 is 2.40 bits per heavy atom. The molecule has 8 heteroatoms. The molecule has 3 rings (SSSR count). The fraction of sp³-hybridized carbons (Fsp3) is 0.0455. The van der Waals surface area contributed by atoms with Crippen LogP contribution in [0.15, 0.2) is 83.8 Å². The molecule has 0 saturated carbocycles. The Hall–Kier alpha value is -3.65. The molecule has 0 bridgehead atoms. The van der Waals surface area contributed by atoms with E-state index in [-0.39, 0.29) is 4.90 Å². The summed E-state index contributed by atoms with van der Waals surface area (Å²) in [5, 5.41) is 2.59. The van der Waals surface area contributed by atoms with Crippen LogP contribution in [-0.2, 0) is 14.8 Å². The summed E-state index contributed by atoms with van der Waals surface area (Å²) in [6.45, 7) is 0. The average Bonchev–Trinajstić information content (AvgIpc) is 2.73. The standard InChI is InChI=1S/C22H19FN2O4S/c1-29-20-11-9-18(10-12-20)25-30(27,28)21-7-3-6-19(15-21)24-22(26)13-8-16-4-2-5-17(23)14-16/h2-15,25H,1H3,(H,24,26)/b13-8-. The van der Waals surface area contributed by atoms with Gasteiger partial charge in [0, 0.05) is 17.5 Å². The Balaban J connectivity index is 1.70. The molecule has 0 atom stereocenters. The molecule has 6 nitrogen and oxygen atoms in total. The summed E-state index contributed by atoms with van der Waals surface area (Å²) in [7, 11) is -2.33. The van der Waals surface area contributed by atoms with Gasteiger partial charge in [-0.15, -0.1) is 0 Å². The summed E-state index contributed by atoms with van der Waals surface area (Å²) < 4.78 is 46.0. The quantitative estimate of drug-likeness (QED) is 0.552. The first-order valence-corrected chi connectivity index (χ1v) is 10.4. The van der Waals surface area contributed by atoms with Gasteiger partial charge in [-0.05, 0) is 66.2 Å². The number of hydrogen-bond acceptors (Lipinski definition) is 4. The highest BCUT2D eigenvalue weighted by Gasteiger charge is 2.15. The molecule has 0 aliphatic rings. The fourth-order valence-electron chi connectivity index (χ4n) is 2.58. The third-order valence-electron chi connectivity index (χ3n) is 4.03. The molecule has 3 aromatic rings. The molecule has 0 radical (unpaired) electrons. The van der Waals surface area contributed by atoms with E-state index >= 15 is 0 Å². The van der Waals surface area contributed by atoms with E-state index in [9.17, 15) is 17.6 Å². The SMILES string of the molecule is COc1ccc(NS(=O)(=O)c2cccc(NC(=O)/C=C\c3cccc(F)c3)c2)cc1. The zero-order valence-corrected chi connectivity index (χ0v) is 16.8. The minimum Gasteiger partial charge on any atom is -0.497 e. The predicted molar refractivity (Wildman–Crippen MR) is 114 cm³/mol. The monoisotopic (exact) mass is 426 g/mol. The van der Waals surface area contributed by atoms with Crippen molar-refractivity contribution in [2.45, 2.75) is 4.90 Å². The second kappa shape index (κ2) is 9.23. The van der Waals surface area contributed by atoms with Gasteiger partial charge in [-0.2, -0.15) is 0 Å². The number of carbonyl (C=O) groups excluding carboxylic acids is 1. The maximum atomic E-state index is 13.2. The molecule has 0 aliphatic carbocycles. The second-order valence-electron chi connectivity index (χ2n) is 6.24. The maximum absolute atomic E-state index is 13.2. The predicted octanol–water partition coefficient (Wildman–Crippen LogP) is 4.29. The van der Waals surface area contributed by atoms with Crippen LogP contribution in [0.1, 0.15) is 5.56 Å². The van der Waals surface area contributed by atoms with Gasteiger partial charge in [0.2, 0.25) is 5.91 Å². The molecule has 0 unspecified atom stereocenters. The molecule has 0 heterocycles. The van der Waals surface area contributed by atoms with Crippen LogP contribution in [-0.4, -0.2) is 21.4 Å². The first kappa shape index (κ1) is 21.1. The summed E-state index contributed by atoms with van der Waals surface area (Å²) in [5.41, 5.74) is 1.22. The summed E-state index contributed by atoms with van der Waals surface area (Å²) in [5.74, 6) is -0.272. The lowest BCUT2D eigenvalue weighted by Gasteiger charge is -2.10. The number of carbonyl (C=O) groups is 1. The van der Waals surface area contributed by atoms with E-state index in [1.165, 1.54) is 55.7 Å². The third kappa shape index (κ3) is 5.68. The van der Waals surface area contributed by atoms with Gasteiger partial charge in [-0.25, -0.2) is 12.8 Å². The first-order chi connectivity index (χ1) is 14.4. The largest absolute Gasteiger partial charge is 0.497 e. The number of ether oxygens (including phenoxy) is 1. The highest BCUT2D eigenvalue weighted by molar-refractivity contribution is 7.92. The lowest BCUT2D eigenvalue weighted by atomic mass is 10.2. The van der Waals surface area contributed by atoms with Gasteiger partial charge in [-0.1, -0.05) is 18.2 Å². The van der Waals surface area contributed by atoms with E-state index in [4.69, 9.17) is 4.74 Å². The van der Waals surface area contributed by atoms with Crippen molar-refractivity contribution in [1.29, 1.82) is 0 Å². The van der Waals surface area contributed by atoms with Crippen molar-refractivity contribution in [3.8, 4) is 5.75 Å². The number of halogens is 1. The summed E-state index contributed by atoms with van der Waals surface area (Å²) in [6.07, 6.45) is 2.70. The molecule has 0 spiro atoms. The molecule has 0 fully saturated rings. The highest BCUT2D eigenvalue weighted by atomic mass is 32.2. The summed E-state index contributed by atoms with van der Waals surface area (Å²) in [6, 6.07) is 18.1. The van der Waals surface area contributed by atoms with E-state index < -0.39 is 21.7 Å². The van der Waals surface area contributed by atoms with Crippen LogP contribution in [0.25, 0.3) is 6.08 Å². The van der Waals surface area contributed by atoms with Crippen LogP contribution < -0.4 is 14.8 Å². The van der Waals surface area contributed by atoms with Crippen molar-refractivity contribution in [2.24, 2.45) is 0 Å². The Morgan fingerprint density at radius 1 is 0.967 bits per heavy atom. The zero-order chi connectivity index (χ0) is 21.6. The van der Waals surface area contributed by atoms with Gasteiger partial charge in [0.05, 0.1) is 12.0 Å². The van der Waals surface area contributed by atoms with Crippen molar-refractivity contribution in [1.82, 2.24) is 0 Å². The van der Waals surface area contributed by atoms with Crippen molar-refractivity contribution >= 4 is 33.4 Å². The lowest BCUT2D eigenvalue weighted by molar-refractivity contribution is -0.111. The van der Waals surface area contributed by atoms with Gasteiger partial charge in [0.25, 0.3) is 10.0 Å². The minimum absolute atomic E-state index is 0.00905. The van der Waals surface area contributed by atoms with Crippen LogP contribution in [0.5, 0.6) is 5.75 Å². The molecular weight excluding hydrogens is 407 g/mol. The molecule has 3 aromatic carbocycles. The number of nitrogens with one attached hydrogen (secondary N) is 2. The van der Waals surface area contributed by atoms with E-state index in [1.54, 1.807) is 36.4 Å². The number of hydrogen-bond donors (Lipinski definition) is 2. The Bertz CT molecular complexity index is 1180. The topological polar surface area (TPSA) is 84.5 Å². The molecule has 0 aliphatic heterocycles. The Morgan fingerprint density at radius 2 is 1.70 bits per heavy atom. The fourth-order valence-corrected chi connectivity index (χ4v) is 3.68. The van der Waals surface area contributed by atoms with E-state index in [1.807, 2.05) is 0 Å². The molecule has 0 aromatic heterocycles. The Labute approximate surface area is 174 Å². The van der Waals surface area contributed by atoms with Crippen LogP contribution >= 0.6 is 0 Å². The van der Waals surface area contributed by atoms with Crippen molar-refractivity contribution in [3.63, 3.8) is 0 Å². The minimum atomic E-state index is -3.85. The number of rotatable bonds is 7. The summed E-state index contributed by atoms with van der Waals surface area (Å²) in [4.78, 5) is 12.1. The number of amides is 1. The van der Waals surface area contributed by atoms with Crippen molar-refractivity contribution < 1.29 is 22.3 Å². The summed E-state index contributed by atoms with van der Waals surface area (Å²) >= 11 is 0. The van der Waals surface area contributed by atoms with Crippen LogP contribution in [0.4, 0.5) is 15.8 Å². The van der Waals surface area contributed by atoms with Gasteiger partial charge in [-0.3, -0.25) is 9.52 Å². The highest BCUT2D eigenvalue weighted by Crippen LogP contribution is 2.21. The number of sulfonamides is 1. The first-order valence-electron chi connectivity index (χ1n) is 8.87. The van der Waals surface area contributed by atoms with Crippen molar-refractivity contribution in [3.05, 3.63) is 90.3 Å². The smallest absolute Gasteiger partial charge is 0.261 e. The third-order valence-corrected chi connectivity index (χ3v) is 5.41. The van der Waals surface area contributed by atoms with Gasteiger partial charge in [0.1, 0.15) is 11.6 Å². The van der Waals surface area contributed by atoms with Gasteiger partial charge in [0.15, 0.2) is 0 Å². The maximum Gasteiger partial charge on any atom is 0.261 e. The lowest BCUT2D eigenvalue weighted by Crippen LogP contribution is -2.14.